The van der Waals surface area contributed by atoms with Crippen molar-refractivity contribution in [3.63, 3.8) is 0 Å². The molecule has 0 fully saturated rings. The lowest BCUT2D eigenvalue weighted by atomic mass is 10.1. The topological polar surface area (TPSA) is 84.9 Å². The summed E-state index contributed by atoms with van der Waals surface area (Å²) in [5.41, 5.74) is 6.32. The zero-order valence-electron chi connectivity index (χ0n) is 9.84. The molecular formula is C13H14N4O. The van der Waals surface area contributed by atoms with E-state index in [0.717, 1.165) is 11.3 Å². The van der Waals surface area contributed by atoms with Crippen molar-refractivity contribution in [1.29, 1.82) is 5.41 Å². The Balaban J connectivity index is 1.92. The van der Waals surface area contributed by atoms with Crippen LogP contribution in [0.1, 0.15) is 11.4 Å². The Morgan fingerprint density at radius 1 is 1.17 bits per heavy atom. The molecule has 0 saturated heterocycles. The van der Waals surface area contributed by atoms with Gasteiger partial charge in [-0.25, -0.2) is 9.97 Å². The van der Waals surface area contributed by atoms with Gasteiger partial charge in [0.2, 0.25) is 0 Å². The van der Waals surface area contributed by atoms with Crippen LogP contribution in [0.3, 0.4) is 0 Å². The summed E-state index contributed by atoms with van der Waals surface area (Å²) < 4.78 is 5.54. The third-order valence-corrected chi connectivity index (χ3v) is 2.31. The lowest BCUT2D eigenvalue weighted by Gasteiger charge is -2.06. The summed E-state index contributed by atoms with van der Waals surface area (Å²) in [6.45, 7) is 0.340. The first kappa shape index (κ1) is 12.0. The van der Waals surface area contributed by atoms with Crippen molar-refractivity contribution in [2.75, 3.05) is 0 Å². The molecule has 0 amide bonds. The molecule has 18 heavy (non-hydrogen) atoms. The molecule has 2 aromatic rings. The number of hydrogen-bond donors (Lipinski definition) is 2. The number of nitrogens with two attached hydrogens (primary N) is 1. The number of aromatic nitrogens is 2. The summed E-state index contributed by atoms with van der Waals surface area (Å²) in [5.74, 6) is 1.54. The Hall–Kier alpha value is -2.43. The minimum atomic E-state index is 0.154. The van der Waals surface area contributed by atoms with Gasteiger partial charge in [-0.05, 0) is 23.8 Å². The van der Waals surface area contributed by atoms with Crippen molar-refractivity contribution in [2.45, 2.75) is 13.0 Å². The van der Waals surface area contributed by atoms with Crippen LogP contribution < -0.4 is 10.5 Å². The van der Waals surface area contributed by atoms with E-state index in [1.807, 2.05) is 24.3 Å². The second-order valence-electron chi connectivity index (χ2n) is 3.80. The van der Waals surface area contributed by atoms with Crippen LogP contribution in [-0.2, 0) is 13.0 Å². The first-order valence-electron chi connectivity index (χ1n) is 5.54. The van der Waals surface area contributed by atoms with Gasteiger partial charge in [-0.3, -0.25) is 5.41 Å². The Morgan fingerprint density at radius 2 is 1.83 bits per heavy atom. The van der Waals surface area contributed by atoms with E-state index in [9.17, 15) is 0 Å². The van der Waals surface area contributed by atoms with E-state index in [2.05, 4.69) is 9.97 Å². The van der Waals surface area contributed by atoms with Crippen LogP contribution in [-0.4, -0.2) is 15.8 Å². The average molecular weight is 242 g/mol. The van der Waals surface area contributed by atoms with Gasteiger partial charge in [0.25, 0.3) is 0 Å². The molecule has 0 saturated carbocycles. The van der Waals surface area contributed by atoms with Crippen molar-refractivity contribution in [3.8, 4) is 5.75 Å². The number of rotatable bonds is 5. The predicted molar refractivity (Wildman–Crippen MR) is 68.4 cm³/mol. The van der Waals surface area contributed by atoms with Gasteiger partial charge >= 0.3 is 0 Å². The minimum absolute atomic E-state index is 0.154. The highest BCUT2D eigenvalue weighted by atomic mass is 16.5. The second-order valence-corrected chi connectivity index (χ2v) is 3.80. The van der Waals surface area contributed by atoms with E-state index in [0.29, 0.717) is 18.9 Å². The molecule has 0 aliphatic heterocycles. The van der Waals surface area contributed by atoms with Crippen molar-refractivity contribution in [1.82, 2.24) is 9.97 Å². The molecule has 0 atom stereocenters. The molecule has 5 heteroatoms. The van der Waals surface area contributed by atoms with Crippen LogP contribution in [0.4, 0.5) is 0 Å². The maximum Gasteiger partial charge on any atom is 0.166 e. The van der Waals surface area contributed by atoms with Crippen LogP contribution in [0.25, 0.3) is 0 Å². The van der Waals surface area contributed by atoms with Crippen molar-refractivity contribution in [3.05, 3.63) is 54.1 Å². The monoisotopic (exact) mass is 242 g/mol. The number of ether oxygens (including phenoxy) is 1. The number of nitrogens with one attached hydrogen (secondary N) is 1. The lowest BCUT2D eigenvalue weighted by molar-refractivity contribution is 0.295. The molecule has 0 spiro atoms. The van der Waals surface area contributed by atoms with E-state index < -0.39 is 0 Å². The molecular weight excluding hydrogens is 228 g/mol. The smallest absolute Gasteiger partial charge is 0.166 e. The molecule has 1 aromatic heterocycles. The van der Waals surface area contributed by atoms with Crippen molar-refractivity contribution >= 4 is 5.84 Å². The second kappa shape index (κ2) is 5.77. The van der Waals surface area contributed by atoms with E-state index in [1.165, 1.54) is 0 Å². The standard InChI is InChI=1S/C13H14N4O/c14-12(15)8-10-2-4-11(5-3-10)18-9-13-16-6-1-7-17-13/h1-7H,8-9H2,(H3,14,15). The highest BCUT2D eigenvalue weighted by Crippen LogP contribution is 2.13. The molecule has 1 heterocycles. The molecule has 0 aliphatic carbocycles. The summed E-state index contributed by atoms with van der Waals surface area (Å²) in [7, 11) is 0. The highest BCUT2D eigenvalue weighted by molar-refractivity contribution is 5.79. The van der Waals surface area contributed by atoms with Gasteiger partial charge in [0.05, 0.1) is 5.84 Å². The fourth-order valence-corrected chi connectivity index (χ4v) is 1.48. The molecule has 2 rings (SSSR count). The molecule has 0 unspecified atom stereocenters. The first-order valence-corrected chi connectivity index (χ1v) is 5.54. The third-order valence-electron chi connectivity index (χ3n) is 2.31. The summed E-state index contributed by atoms with van der Waals surface area (Å²) >= 11 is 0. The quantitative estimate of drug-likeness (QED) is 0.615. The summed E-state index contributed by atoms with van der Waals surface area (Å²) in [5, 5.41) is 7.21. The summed E-state index contributed by atoms with van der Waals surface area (Å²) in [6.07, 6.45) is 3.82. The number of benzene rings is 1. The Bertz CT molecular complexity index is 510. The van der Waals surface area contributed by atoms with Crippen LogP contribution in [0.5, 0.6) is 5.75 Å². The normalized spacial score (nSPS) is 10.0. The number of amidine groups is 1. The zero-order valence-corrected chi connectivity index (χ0v) is 9.84. The fourth-order valence-electron chi connectivity index (χ4n) is 1.48. The SMILES string of the molecule is N=C(N)Cc1ccc(OCc2ncccn2)cc1. The van der Waals surface area contributed by atoms with E-state index in [-0.39, 0.29) is 5.84 Å². The first-order chi connectivity index (χ1) is 8.74. The molecule has 5 nitrogen and oxygen atoms in total. The van der Waals surface area contributed by atoms with Crippen molar-refractivity contribution in [2.24, 2.45) is 5.73 Å². The predicted octanol–water partition coefficient (Wildman–Crippen LogP) is 1.53. The highest BCUT2D eigenvalue weighted by Gasteiger charge is 1.99. The molecule has 92 valence electrons. The Morgan fingerprint density at radius 3 is 2.44 bits per heavy atom. The summed E-state index contributed by atoms with van der Waals surface area (Å²) in [4.78, 5) is 8.14. The largest absolute Gasteiger partial charge is 0.486 e. The van der Waals surface area contributed by atoms with Crippen LogP contribution >= 0.6 is 0 Å². The fraction of sp³-hybridized carbons (Fsp3) is 0.154. The van der Waals surface area contributed by atoms with Gasteiger partial charge in [-0.2, -0.15) is 0 Å². The molecule has 0 radical (unpaired) electrons. The molecule has 3 N–H and O–H groups in total. The maximum absolute atomic E-state index is 7.21. The lowest BCUT2D eigenvalue weighted by Crippen LogP contribution is -2.12. The van der Waals surface area contributed by atoms with E-state index >= 15 is 0 Å². The van der Waals surface area contributed by atoms with Gasteiger partial charge in [0, 0.05) is 18.8 Å². The zero-order chi connectivity index (χ0) is 12.8. The van der Waals surface area contributed by atoms with E-state index in [4.69, 9.17) is 15.9 Å². The van der Waals surface area contributed by atoms with Crippen LogP contribution in [0.2, 0.25) is 0 Å². The van der Waals surface area contributed by atoms with Gasteiger partial charge in [0.1, 0.15) is 12.4 Å². The van der Waals surface area contributed by atoms with Crippen LogP contribution in [0, 0.1) is 5.41 Å². The van der Waals surface area contributed by atoms with E-state index in [1.54, 1.807) is 18.5 Å². The minimum Gasteiger partial charge on any atom is -0.486 e. The van der Waals surface area contributed by atoms with Gasteiger partial charge in [-0.1, -0.05) is 12.1 Å². The van der Waals surface area contributed by atoms with Gasteiger partial charge in [-0.15, -0.1) is 0 Å². The Labute approximate surface area is 105 Å². The number of hydrogen-bond acceptors (Lipinski definition) is 4. The van der Waals surface area contributed by atoms with Crippen LogP contribution in [0.15, 0.2) is 42.7 Å². The van der Waals surface area contributed by atoms with Gasteiger partial charge < -0.3 is 10.5 Å². The van der Waals surface area contributed by atoms with Gasteiger partial charge in [0.15, 0.2) is 5.82 Å². The molecule has 1 aromatic carbocycles. The maximum atomic E-state index is 7.21. The number of nitrogens with zero attached hydrogens (tertiary/aromatic N) is 2. The average Bonchev–Trinajstić information content (AvgIpc) is 2.38. The van der Waals surface area contributed by atoms with Crippen molar-refractivity contribution < 1.29 is 4.74 Å². The molecule has 0 bridgehead atoms. The Kier molecular flexibility index (Phi) is 3.86. The summed E-state index contributed by atoms with van der Waals surface area (Å²) in [6, 6.07) is 9.24. The molecule has 0 aliphatic rings. The third kappa shape index (κ3) is 3.55.